The van der Waals surface area contributed by atoms with E-state index in [1.807, 2.05) is 38.1 Å². The molecule has 0 spiro atoms. The molecule has 4 rings (SSSR count). The first-order valence-electron chi connectivity index (χ1n) is 10.3. The van der Waals surface area contributed by atoms with E-state index >= 15 is 0 Å². The lowest BCUT2D eigenvalue weighted by molar-refractivity contribution is -0.917. The Bertz CT molecular complexity index is 1270. The van der Waals surface area contributed by atoms with Gasteiger partial charge in [-0.15, -0.1) is 0 Å². The van der Waals surface area contributed by atoms with Crippen molar-refractivity contribution in [2.45, 2.75) is 25.3 Å². The average Bonchev–Trinajstić information content (AvgIpc) is 2.75. The molecule has 0 radical (unpaired) electrons. The molecule has 1 aromatic heterocycles. The molecule has 7 nitrogen and oxygen atoms in total. The van der Waals surface area contributed by atoms with Gasteiger partial charge in [-0.2, -0.15) is 4.31 Å². The smallest absolute Gasteiger partial charge is 0.336 e. The SMILES string of the molecule is COc1ccc2c(C[NH+]3CCN(S(=O)(=O)c4cc(C)ccc4C)CC3)cc(=O)oc2c1. The molecule has 0 unspecified atom stereocenters. The van der Waals surface area contributed by atoms with Gasteiger partial charge in [0.2, 0.25) is 10.0 Å². The normalized spacial score (nSPS) is 16.0. The summed E-state index contributed by atoms with van der Waals surface area (Å²) in [4.78, 5) is 13.7. The van der Waals surface area contributed by atoms with E-state index in [0.717, 1.165) is 22.1 Å². The van der Waals surface area contributed by atoms with Crippen molar-refractivity contribution in [1.29, 1.82) is 0 Å². The number of rotatable bonds is 5. The van der Waals surface area contributed by atoms with Gasteiger partial charge in [0.25, 0.3) is 0 Å². The summed E-state index contributed by atoms with van der Waals surface area (Å²) in [6.07, 6.45) is 0. The van der Waals surface area contributed by atoms with Crippen molar-refractivity contribution in [1.82, 2.24) is 4.31 Å². The number of sulfonamides is 1. The Balaban J connectivity index is 1.51. The highest BCUT2D eigenvalue weighted by molar-refractivity contribution is 7.89. The molecule has 8 heteroatoms. The standard InChI is InChI=1S/C23H26N2O5S/c1-16-4-5-17(2)22(12-16)31(27,28)25-10-8-24(9-11-25)15-18-13-23(26)30-21-14-19(29-3)6-7-20(18)21/h4-7,12-14H,8-11,15H2,1-3H3/p+1. The molecule has 2 aromatic carbocycles. The van der Waals surface area contributed by atoms with Crippen molar-refractivity contribution in [2.75, 3.05) is 33.3 Å². The summed E-state index contributed by atoms with van der Waals surface area (Å²) in [5.74, 6) is 0.630. The van der Waals surface area contributed by atoms with Crippen molar-refractivity contribution in [3.63, 3.8) is 0 Å². The number of nitrogens with one attached hydrogen (secondary N) is 1. The second-order valence-corrected chi connectivity index (χ2v) is 9.96. The van der Waals surface area contributed by atoms with Gasteiger partial charge in [-0.1, -0.05) is 12.1 Å². The number of fused-ring (bicyclic) bond motifs is 1. The van der Waals surface area contributed by atoms with E-state index in [-0.39, 0.29) is 0 Å². The highest BCUT2D eigenvalue weighted by atomic mass is 32.2. The highest BCUT2D eigenvalue weighted by Crippen LogP contribution is 2.23. The van der Waals surface area contributed by atoms with E-state index in [1.54, 1.807) is 23.5 Å². The number of benzene rings is 2. The third-order valence-electron chi connectivity index (χ3n) is 5.87. The summed E-state index contributed by atoms with van der Waals surface area (Å²) in [6.45, 7) is 6.58. The van der Waals surface area contributed by atoms with Crippen LogP contribution in [0.2, 0.25) is 0 Å². The van der Waals surface area contributed by atoms with Gasteiger partial charge in [0.1, 0.15) is 17.9 Å². The third kappa shape index (κ3) is 4.37. The number of piperazine rings is 1. The van der Waals surface area contributed by atoms with Crippen LogP contribution in [0, 0.1) is 13.8 Å². The molecule has 0 saturated carbocycles. The van der Waals surface area contributed by atoms with Crippen LogP contribution in [-0.4, -0.2) is 46.0 Å². The largest absolute Gasteiger partial charge is 0.497 e. The molecule has 1 aliphatic heterocycles. The predicted octanol–water partition coefficient (Wildman–Crippen LogP) is 1.51. The maximum atomic E-state index is 13.2. The van der Waals surface area contributed by atoms with Crippen LogP contribution in [0.15, 0.2) is 56.6 Å². The number of aryl methyl sites for hydroxylation is 2. The minimum atomic E-state index is -3.52. The first kappa shape index (κ1) is 21.5. The summed E-state index contributed by atoms with van der Waals surface area (Å²) in [5, 5.41) is 0.873. The van der Waals surface area contributed by atoms with E-state index in [9.17, 15) is 13.2 Å². The van der Waals surface area contributed by atoms with Crippen LogP contribution in [0.5, 0.6) is 5.75 Å². The van der Waals surface area contributed by atoms with Crippen LogP contribution in [0.25, 0.3) is 11.0 Å². The molecule has 1 N–H and O–H groups in total. The van der Waals surface area contributed by atoms with Crippen molar-refractivity contribution < 1.29 is 22.5 Å². The molecular formula is C23H27N2O5S+. The van der Waals surface area contributed by atoms with E-state index in [4.69, 9.17) is 9.15 Å². The lowest BCUT2D eigenvalue weighted by Gasteiger charge is -2.32. The fourth-order valence-electron chi connectivity index (χ4n) is 4.10. The zero-order valence-electron chi connectivity index (χ0n) is 18.0. The zero-order chi connectivity index (χ0) is 22.2. The lowest BCUT2D eigenvalue weighted by atomic mass is 10.1. The predicted molar refractivity (Wildman–Crippen MR) is 118 cm³/mol. The molecule has 0 atom stereocenters. The number of methoxy groups -OCH3 is 1. The molecule has 31 heavy (non-hydrogen) atoms. The van der Waals surface area contributed by atoms with E-state index < -0.39 is 15.6 Å². The van der Waals surface area contributed by atoms with Crippen molar-refractivity contribution in [3.05, 3.63) is 69.6 Å². The molecule has 1 fully saturated rings. The van der Waals surface area contributed by atoms with Crippen LogP contribution in [0.3, 0.4) is 0 Å². The van der Waals surface area contributed by atoms with Crippen molar-refractivity contribution in [2.24, 2.45) is 0 Å². The topological polar surface area (TPSA) is 81.3 Å². The third-order valence-corrected chi connectivity index (χ3v) is 7.91. The van der Waals surface area contributed by atoms with E-state index in [0.29, 0.717) is 49.0 Å². The monoisotopic (exact) mass is 443 g/mol. The molecule has 3 aromatic rings. The lowest BCUT2D eigenvalue weighted by Crippen LogP contribution is -3.13. The first-order chi connectivity index (χ1) is 14.8. The summed E-state index contributed by atoms with van der Waals surface area (Å²) >= 11 is 0. The Morgan fingerprint density at radius 1 is 1.06 bits per heavy atom. The van der Waals surface area contributed by atoms with E-state index in [1.165, 1.54) is 11.0 Å². The first-order valence-corrected chi connectivity index (χ1v) is 11.7. The van der Waals surface area contributed by atoms with E-state index in [2.05, 4.69) is 0 Å². The molecule has 1 saturated heterocycles. The summed E-state index contributed by atoms with van der Waals surface area (Å²) < 4.78 is 38.4. The van der Waals surface area contributed by atoms with Gasteiger partial charge >= 0.3 is 5.63 Å². The number of hydrogen-bond donors (Lipinski definition) is 1. The Hall–Kier alpha value is -2.68. The van der Waals surface area contributed by atoms with Crippen LogP contribution in [0.4, 0.5) is 0 Å². The molecule has 0 amide bonds. The average molecular weight is 444 g/mol. The molecule has 0 bridgehead atoms. The van der Waals surface area contributed by atoms with Gasteiger partial charge in [-0.3, -0.25) is 0 Å². The molecule has 2 heterocycles. The maximum absolute atomic E-state index is 13.2. The number of quaternary nitrogens is 1. The summed E-state index contributed by atoms with van der Waals surface area (Å²) in [6, 6.07) is 12.5. The quantitative estimate of drug-likeness (QED) is 0.605. The van der Waals surface area contributed by atoms with Gasteiger partial charge < -0.3 is 14.1 Å². The van der Waals surface area contributed by atoms with Crippen molar-refractivity contribution in [3.8, 4) is 5.75 Å². The molecule has 164 valence electrons. The highest BCUT2D eigenvalue weighted by Gasteiger charge is 2.31. The fourth-order valence-corrected chi connectivity index (χ4v) is 5.85. The second kappa shape index (κ2) is 8.45. The van der Waals surface area contributed by atoms with Crippen molar-refractivity contribution >= 4 is 21.0 Å². The van der Waals surface area contributed by atoms with Gasteiger partial charge in [-0.25, -0.2) is 13.2 Å². The zero-order valence-corrected chi connectivity index (χ0v) is 18.8. The second-order valence-electron chi connectivity index (χ2n) is 8.05. The minimum absolute atomic E-state index is 0.386. The van der Waals surface area contributed by atoms with Crippen LogP contribution in [0.1, 0.15) is 16.7 Å². The van der Waals surface area contributed by atoms with Gasteiger partial charge in [0.15, 0.2) is 0 Å². The number of hydrogen-bond acceptors (Lipinski definition) is 5. The Morgan fingerprint density at radius 3 is 2.52 bits per heavy atom. The van der Waals surface area contributed by atoms with Crippen LogP contribution >= 0.6 is 0 Å². The number of nitrogens with zero attached hydrogens (tertiary/aromatic N) is 1. The van der Waals surface area contributed by atoms with Gasteiger partial charge in [-0.05, 0) is 43.2 Å². The molecule has 0 aliphatic carbocycles. The Morgan fingerprint density at radius 2 is 1.81 bits per heavy atom. The maximum Gasteiger partial charge on any atom is 0.336 e. The van der Waals surface area contributed by atoms with Crippen LogP contribution in [-0.2, 0) is 16.6 Å². The fraction of sp³-hybridized carbons (Fsp3) is 0.348. The van der Waals surface area contributed by atoms with Gasteiger partial charge in [0.05, 0.1) is 38.2 Å². The Labute approximate surface area is 181 Å². The summed E-state index contributed by atoms with van der Waals surface area (Å²) in [5.41, 5.74) is 2.69. The molecule has 1 aliphatic rings. The summed E-state index contributed by atoms with van der Waals surface area (Å²) in [7, 11) is -1.95. The Kier molecular flexibility index (Phi) is 5.88. The van der Waals surface area contributed by atoms with Crippen LogP contribution < -0.4 is 15.3 Å². The minimum Gasteiger partial charge on any atom is -0.497 e. The molecular weight excluding hydrogens is 416 g/mol. The van der Waals surface area contributed by atoms with Gasteiger partial charge in [0, 0.05) is 23.1 Å². The number of ether oxygens (including phenoxy) is 1.